The molecule has 0 radical (unpaired) electrons. The fourth-order valence-corrected chi connectivity index (χ4v) is 2.90. The van der Waals surface area contributed by atoms with Crippen LogP contribution in [0.1, 0.15) is 24.5 Å². The van der Waals surface area contributed by atoms with E-state index in [2.05, 4.69) is 41.4 Å². The molecule has 0 aromatic heterocycles. The van der Waals surface area contributed by atoms with Crippen LogP contribution in [0.3, 0.4) is 0 Å². The van der Waals surface area contributed by atoms with Gasteiger partial charge in [-0.05, 0) is 29.9 Å². The van der Waals surface area contributed by atoms with Crippen molar-refractivity contribution in [2.75, 3.05) is 19.6 Å². The van der Waals surface area contributed by atoms with Gasteiger partial charge in [-0.15, -0.1) is 0 Å². The lowest BCUT2D eigenvalue weighted by atomic mass is 10.00. The summed E-state index contributed by atoms with van der Waals surface area (Å²) in [4.78, 5) is 14.2. The molecule has 0 unspecified atom stereocenters. The molecule has 0 spiro atoms. The number of hydrogen-bond acceptors (Lipinski definition) is 2. The van der Waals surface area contributed by atoms with Crippen LogP contribution in [0.25, 0.3) is 0 Å². The first-order chi connectivity index (χ1) is 9.24. The van der Waals surface area contributed by atoms with E-state index < -0.39 is 0 Å². The lowest BCUT2D eigenvalue weighted by Crippen LogP contribution is -2.38. The average molecular weight is 258 g/mol. The number of benzene rings is 1. The van der Waals surface area contributed by atoms with Crippen molar-refractivity contribution in [3.05, 3.63) is 35.4 Å². The zero-order chi connectivity index (χ0) is 13.2. The van der Waals surface area contributed by atoms with E-state index in [0.717, 1.165) is 39.0 Å². The maximum atomic E-state index is 11.7. The number of hydrogen-bond donors (Lipinski definition) is 1. The topological polar surface area (TPSA) is 32.3 Å². The molecule has 1 fully saturated rings. The van der Waals surface area contributed by atoms with Crippen LogP contribution >= 0.6 is 0 Å². The van der Waals surface area contributed by atoms with Gasteiger partial charge in [0.25, 0.3) is 0 Å². The predicted molar refractivity (Wildman–Crippen MR) is 75.7 cm³/mol. The Kier molecular flexibility index (Phi) is 3.56. The summed E-state index contributed by atoms with van der Waals surface area (Å²) in [5, 5.41) is 3.07. The second-order valence-corrected chi connectivity index (χ2v) is 5.91. The number of rotatable bonds is 4. The average Bonchev–Trinajstić information content (AvgIpc) is 3.16. The van der Waals surface area contributed by atoms with E-state index >= 15 is 0 Å². The molecular weight excluding hydrogens is 236 g/mol. The Hall–Kier alpha value is -1.35. The summed E-state index contributed by atoms with van der Waals surface area (Å²) >= 11 is 0. The van der Waals surface area contributed by atoms with Crippen molar-refractivity contribution in [1.29, 1.82) is 0 Å². The van der Waals surface area contributed by atoms with Crippen LogP contribution in [0.4, 0.5) is 0 Å². The van der Waals surface area contributed by atoms with Crippen LogP contribution in [0.15, 0.2) is 24.3 Å². The fourth-order valence-electron chi connectivity index (χ4n) is 2.90. The molecule has 1 aromatic carbocycles. The number of nitrogens with zero attached hydrogens (tertiary/aromatic N) is 1. The lowest BCUT2D eigenvalue weighted by molar-refractivity contribution is -0.122. The fraction of sp³-hybridized carbons (Fsp3) is 0.562. The molecule has 19 heavy (non-hydrogen) atoms. The standard InChI is InChI=1S/C16H22N2O/c1-12-10-15(12)16(19)17-7-9-18-8-6-13-4-2-3-5-14(13)11-18/h2-5,12,15H,6-11H2,1H3,(H,17,19)/t12-,15+/m0/s1. The molecule has 2 atom stereocenters. The third-order valence-corrected chi connectivity index (χ3v) is 4.38. The predicted octanol–water partition coefficient (Wildman–Crippen LogP) is 1.82. The monoisotopic (exact) mass is 258 g/mol. The van der Waals surface area contributed by atoms with Gasteiger partial charge in [-0.1, -0.05) is 31.2 Å². The summed E-state index contributed by atoms with van der Waals surface area (Å²) < 4.78 is 0. The summed E-state index contributed by atoms with van der Waals surface area (Å²) in [5.74, 6) is 1.15. The van der Waals surface area contributed by atoms with Gasteiger partial charge in [0.05, 0.1) is 0 Å². The van der Waals surface area contributed by atoms with Gasteiger partial charge >= 0.3 is 0 Å². The first-order valence-electron chi connectivity index (χ1n) is 7.31. The maximum Gasteiger partial charge on any atom is 0.223 e. The lowest BCUT2D eigenvalue weighted by Gasteiger charge is -2.28. The smallest absolute Gasteiger partial charge is 0.223 e. The molecular formula is C16H22N2O. The molecule has 1 heterocycles. The van der Waals surface area contributed by atoms with Gasteiger partial charge < -0.3 is 5.32 Å². The summed E-state index contributed by atoms with van der Waals surface area (Å²) in [6.07, 6.45) is 2.20. The molecule has 2 aliphatic rings. The minimum atomic E-state index is 0.255. The van der Waals surface area contributed by atoms with E-state index in [1.165, 1.54) is 11.1 Å². The molecule has 102 valence electrons. The molecule has 1 saturated carbocycles. The Labute approximate surface area is 115 Å². The zero-order valence-electron chi connectivity index (χ0n) is 11.6. The SMILES string of the molecule is C[C@H]1C[C@H]1C(=O)NCCN1CCc2ccccc2C1. The summed E-state index contributed by atoms with van der Waals surface area (Å²) in [6.45, 7) is 6.01. The Morgan fingerprint density at radius 3 is 2.84 bits per heavy atom. The Balaban J connectivity index is 1.43. The van der Waals surface area contributed by atoms with Crippen LogP contribution < -0.4 is 5.32 Å². The van der Waals surface area contributed by atoms with Gasteiger partial charge in [0.15, 0.2) is 0 Å². The van der Waals surface area contributed by atoms with Crippen molar-refractivity contribution in [1.82, 2.24) is 10.2 Å². The van der Waals surface area contributed by atoms with Gasteiger partial charge in [0, 0.05) is 32.1 Å². The van der Waals surface area contributed by atoms with Crippen LogP contribution in [-0.2, 0) is 17.8 Å². The highest BCUT2D eigenvalue weighted by Crippen LogP contribution is 2.37. The van der Waals surface area contributed by atoms with Gasteiger partial charge in [-0.3, -0.25) is 9.69 Å². The Morgan fingerprint density at radius 1 is 1.37 bits per heavy atom. The number of amides is 1. The van der Waals surface area contributed by atoms with Crippen LogP contribution in [0.2, 0.25) is 0 Å². The zero-order valence-corrected chi connectivity index (χ0v) is 11.6. The Morgan fingerprint density at radius 2 is 2.11 bits per heavy atom. The minimum Gasteiger partial charge on any atom is -0.355 e. The molecule has 3 heteroatoms. The summed E-state index contributed by atoms with van der Waals surface area (Å²) in [6, 6.07) is 8.67. The normalized spacial score (nSPS) is 25.7. The molecule has 0 bridgehead atoms. The molecule has 1 N–H and O–H groups in total. The molecule has 1 aliphatic carbocycles. The first kappa shape index (κ1) is 12.7. The highest BCUT2D eigenvalue weighted by Gasteiger charge is 2.38. The third-order valence-electron chi connectivity index (χ3n) is 4.38. The molecule has 3 nitrogen and oxygen atoms in total. The van der Waals surface area contributed by atoms with Crippen molar-refractivity contribution in [3.8, 4) is 0 Å². The van der Waals surface area contributed by atoms with Crippen molar-refractivity contribution in [2.24, 2.45) is 11.8 Å². The quantitative estimate of drug-likeness (QED) is 0.893. The molecule has 1 aliphatic heterocycles. The molecule has 1 amide bonds. The molecule has 3 rings (SSSR count). The van der Waals surface area contributed by atoms with Crippen molar-refractivity contribution < 1.29 is 4.79 Å². The van der Waals surface area contributed by atoms with E-state index in [4.69, 9.17) is 0 Å². The van der Waals surface area contributed by atoms with Gasteiger partial charge in [0.1, 0.15) is 0 Å². The highest BCUT2D eigenvalue weighted by atomic mass is 16.2. The second kappa shape index (κ2) is 5.33. The van der Waals surface area contributed by atoms with Crippen LogP contribution in [0, 0.1) is 11.8 Å². The number of carbonyl (C=O) groups excluding carboxylic acids is 1. The maximum absolute atomic E-state index is 11.7. The van der Waals surface area contributed by atoms with Gasteiger partial charge in [-0.2, -0.15) is 0 Å². The number of fused-ring (bicyclic) bond motifs is 1. The Bertz CT molecular complexity index is 472. The number of nitrogens with one attached hydrogen (secondary N) is 1. The minimum absolute atomic E-state index is 0.255. The number of carbonyl (C=O) groups is 1. The van der Waals surface area contributed by atoms with E-state index in [1.807, 2.05) is 0 Å². The second-order valence-electron chi connectivity index (χ2n) is 5.91. The van der Waals surface area contributed by atoms with E-state index in [9.17, 15) is 4.79 Å². The molecule has 0 saturated heterocycles. The van der Waals surface area contributed by atoms with Crippen molar-refractivity contribution in [3.63, 3.8) is 0 Å². The van der Waals surface area contributed by atoms with Crippen LogP contribution in [-0.4, -0.2) is 30.4 Å². The largest absolute Gasteiger partial charge is 0.355 e. The highest BCUT2D eigenvalue weighted by molar-refractivity contribution is 5.81. The third kappa shape index (κ3) is 2.98. The summed E-state index contributed by atoms with van der Waals surface area (Å²) in [7, 11) is 0. The van der Waals surface area contributed by atoms with Crippen LogP contribution in [0.5, 0.6) is 0 Å². The van der Waals surface area contributed by atoms with Gasteiger partial charge in [0.2, 0.25) is 5.91 Å². The molecule has 1 aromatic rings. The van der Waals surface area contributed by atoms with Gasteiger partial charge in [-0.25, -0.2) is 0 Å². The van der Waals surface area contributed by atoms with Crippen molar-refractivity contribution in [2.45, 2.75) is 26.3 Å². The van der Waals surface area contributed by atoms with E-state index in [-0.39, 0.29) is 5.91 Å². The van der Waals surface area contributed by atoms with Crippen molar-refractivity contribution >= 4 is 5.91 Å². The summed E-state index contributed by atoms with van der Waals surface area (Å²) in [5.41, 5.74) is 2.92. The first-order valence-corrected chi connectivity index (χ1v) is 7.31. The van der Waals surface area contributed by atoms with E-state index in [0.29, 0.717) is 11.8 Å². The van der Waals surface area contributed by atoms with E-state index in [1.54, 1.807) is 0 Å².